The van der Waals surface area contributed by atoms with Crippen molar-refractivity contribution in [3.05, 3.63) is 90.5 Å². The number of benzene rings is 2. The van der Waals surface area contributed by atoms with E-state index >= 15 is 0 Å². The Morgan fingerprint density at radius 1 is 1.13 bits per heavy atom. The van der Waals surface area contributed by atoms with Gasteiger partial charge in [-0.3, -0.25) is 14.4 Å². The third kappa shape index (κ3) is 6.01. The normalized spacial score (nSPS) is 28.0. The average Bonchev–Trinajstić information content (AvgIpc) is 3.63. The van der Waals surface area contributed by atoms with Crippen molar-refractivity contribution in [1.29, 1.82) is 0 Å². The van der Waals surface area contributed by atoms with Crippen LogP contribution in [0.25, 0.3) is 0 Å². The summed E-state index contributed by atoms with van der Waals surface area (Å²) in [7, 11) is 0. The van der Waals surface area contributed by atoms with Gasteiger partial charge in [-0.25, -0.2) is 0 Å². The minimum absolute atomic E-state index is 0.0701. The molecule has 8 atom stereocenters. The summed E-state index contributed by atoms with van der Waals surface area (Å²) >= 11 is 11.7. The van der Waals surface area contributed by atoms with E-state index in [-0.39, 0.29) is 46.9 Å². The van der Waals surface area contributed by atoms with Gasteiger partial charge in [0, 0.05) is 40.4 Å². The maximum Gasteiger partial charge on any atom is 0.251 e. The minimum Gasteiger partial charge on any atom is -0.394 e. The van der Waals surface area contributed by atoms with Gasteiger partial charge < -0.3 is 19.8 Å². The van der Waals surface area contributed by atoms with Gasteiger partial charge in [0.2, 0.25) is 11.8 Å². The van der Waals surface area contributed by atoms with Gasteiger partial charge in [-0.1, -0.05) is 90.3 Å². The molecule has 3 saturated heterocycles. The molecule has 3 aliphatic heterocycles. The van der Waals surface area contributed by atoms with E-state index in [9.17, 15) is 19.5 Å². The molecule has 3 aliphatic rings. The van der Waals surface area contributed by atoms with Gasteiger partial charge in [-0.2, -0.15) is 0 Å². The number of carbonyl (C=O) groups excluding carboxylic acids is 3. The lowest BCUT2D eigenvalue weighted by Gasteiger charge is -2.41. The molecule has 2 aromatic rings. The fourth-order valence-corrected chi connectivity index (χ4v) is 11.1. The zero-order valence-electron chi connectivity index (χ0n) is 25.7. The highest BCUT2D eigenvalue weighted by Gasteiger charge is 2.76. The van der Waals surface area contributed by atoms with Crippen molar-refractivity contribution in [1.82, 2.24) is 9.80 Å². The van der Waals surface area contributed by atoms with E-state index in [1.54, 1.807) is 62.9 Å². The molecule has 240 valence electrons. The van der Waals surface area contributed by atoms with E-state index < -0.39 is 28.7 Å². The fourth-order valence-electron chi connectivity index (χ4n) is 7.42. The molecule has 1 spiro atoms. The molecular weight excluding hydrogens is 674 g/mol. The molecule has 5 rings (SSSR count). The summed E-state index contributed by atoms with van der Waals surface area (Å²) in [5, 5.41) is 11.1. The molecule has 3 amide bonds. The highest BCUT2D eigenvalue weighted by Crippen LogP contribution is 2.68. The van der Waals surface area contributed by atoms with Crippen molar-refractivity contribution in [2.45, 2.75) is 60.1 Å². The van der Waals surface area contributed by atoms with Gasteiger partial charge in [0.15, 0.2) is 0 Å². The number of rotatable bonds is 13. The molecule has 45 heavy (non-hydrogen) atoms. The number of hydrogen-bond acceptors (Lipinski definition) is 5. The van der Waals surface area contributed by atoms with Crippen molar-refractivity contribution in [3.63, 3.8) is 0 Å². The quantitative estimate of drug-likeness (QED) is 0.205. The number of halogens is 2. The number of alkyl halides is 1. The third-order valence-electron chi connectivity index (χ3n) is 9.68. The van der Waals surface area contributed by atoms with Gasteiger partial charge in [0.05, 0.1) is 29.2 Å². The van der Waals surface area contributed by atoms with Crippen LogP contribution in [0.1, 0.15) is 32.3 Å². The number of thioether (sulfide) groups is 1. The van der Waals surface area contributed by atoms with E-state index in [0.717, 1.165) is 5.56 Å². The van der Waals surface area contributed by atoms with Crippen molar-refractivity contribution < 1.29 is 19.5 Å². The molecule has 2 bridgehead atoms. The number of fused-ring (bicyclic) bond motifs is 1. The second kappa shape index (κ2) is 14.0. The maximum absolute atomic E-state index is 14.9. The Bertz CT molecular complexity index is 1430. The van der Waals surface area contributed by atoms with Gasteiger partial charge in [-0.05, 0) is 42.2 Å². The van der Waals surface area contributed by atoms with Gasteiger partial charge in [0.25, 0.3) is 5.91 Å². The maximum atomic E-state index is 14.9. The van der Waals surface area contributed by atoms with E-state index in [1.807, 2.05) is 44.2 Å². The smallest absolute Gasteiger partial charge is 0.251 e. The Kier molecular flexibility index (Phi) is 10.5. The lowest BCUT2D eigenvalue weighted by molar-refractivity contribution is -0.146. The molecule has 0 radical (unpaired) electrons. The zero-order valence-corrected chi connectivity index (χ0v) is 28.9. The van der Waals surface area contributed by atoms with E-state index in [4.69, 9.17) is 11.6 Å². The molecular formula is C35H41BrClN3O4S. The van der Waals surface area contributed by atoms with Crippen LogP contribution in [-0.2, 0) is 20.9 Å². The predicted molar refractivity (Wildman–Crippen MR) is 185 cm³/mol. The summed E-state index contributed by atoms with van der Waals surface area (Å²) in [6.07, 6.45) is 4.64. The van der Waals surface area contributed by atoms with Crippen LogP contribution >= 0.6 is 39.3 Å². The first-order valence-electron chi connectivity index (χ1n) is 15.5. The minimum atomic E-state index is -0.883. The summed E-state index contributed by atoms with van der Waals surface area (Å²) in [4.78, 5) is 49.3. The second-order valence-corrected chi connectivity index (χ2v) is 15.4. The molecule has 10 heteroatoms. The van der Waals surface area contributed by atoms with Crippen molar-refractivity contribution in [2.75, 3.05) is 24.6 Å². The molecule has 0 aromatic heterocycles. The number of likely N-dealkylation sites (tertiary alicyclic amines) is 1. The fraction of sp³-hybridized carbons (Fsp3) is 0.457. The Hall–Kier alpha value is -2.59. The van der Waals surface area contributed by atoms with Gasteiger partial charge in [0.1, 0.15) is 6.04 Å². The summed E-state index contributed by atoms with van der Waals surface area (Å²) in [5.41, 5.74) is 1.63. The van der Waals surface area contributed by atoms with Crippen LogP contribution in [0.4, 0.5) is 5.69 Å². The standard InChI is InChI=1S/C35H41BrClN3O4S/c1-5-17-38(20-23-11-9-8-10-12-23)32(42)28-29-33(43)40(27(21-41)22(4)7-3)31(35(29)19-26(36)30(28)45-35)34(44)39(18-6-2)25-15-13-24(37)14-16-25/h5-6,8-16,22,26-31,41H,1-2,7,17-21H2,3-4H3/t22-,26?,27-,28+,29-,30+,31?,35?/m0/s1. The van der Waals surface area contributed by atoms with Gasteiger partial charge in [-0.15, -0.1) is 24.9 Å². The highest BCUT2D eigenvalue weighted by atomic mass is 79.9. The number of aliphatic hydroxyl groups excluding tert-OH is 1. The monoisotopic (exact) mass is 713 g/mol. The van der Waals surface area contributed by atoms with Crippen molar-refractivity contribution >= 4 is 62.7 Å². The first kappa shape index (κ1) is 33.8. The van der Waals surface area contributed by atoms with Crippen molar-refractivity contribution in [2.24, 2.45) is 17.8 Å². The van der Waals surface area contributed by atoms with Crippen LogP contribution in [0.5, 0.6) is 0 Å². The first-order valence-corrected chi connectivity index (χ1v) is 17.7. The molecule has 1 N–H and O–H groups in total. The van der Waals surface area contributed by atoms with Crippen LogP contribution in [0, 0.1) is 17.8 Å². The predicted octanol–water partition coefficient (Wildman–Crippen LogP) is 5.95. The topological polar surface area (TPSA) is 81.2 Å². The Morgan fingerprint density at radius 2 is 1.80 bits per heavy atom. The summed E-state index contributed by atoms with van der Waals surface area (Å²) in [6, 6.07) is 15.4. The molecule has 0 saturated carbocycles. The lowest BCUT2D eigenvalue weighted by atomic mass is 9.70. The van der Waals surface area contributed by atoms with E-state index in [0.29, 0.717) is 36.6 Å². The largest absolute Gasteiger partial charge is 0.394 e. The van der Waals surface area contributed by atoms with Crippen molar-refractivity contribution in [3.8, 4) is 0 Å². The number of amides is 3. The molecule has 3 heterocycles. The summed E-state index contributed by atoms with van der Waals surface area (Å²) in [6.45, 7) is 12.5. The Balaban J connectivity index is 1.61. The molecule has 0 aliphatic carbocycles. The molecule has 2 aromatic carbocycles. The second-order valence-electron chi connectivity index (χ2n) is 12.3. The molecule has 7 nitrogen and oxygen atoms in total. The van der Waals surface area contributed by atoms with Crippen LogP contribution in [0.2, 0.25) is 5.02 Å². The molecule has 3 unspecified atom stereocenters. The number of hydrogen-bond donors (Lipinski definition) is 1. The number of aliphatic hydroxyl groups is 1. The first-order chi connectivity index (χ1) is 21.6. The van der Waals surface area contributed by atoms with E-state index in [1.165, 1.54) is 0 Å². The summed E-state index contributed by atoms with van der Waals surface area (Å²) in [5.74, 6) is -2.00. The Labute approximate surface area is 283 Å². The summed E-state index contributed by atoms with van der Waals surface area (Å²) < 4.78 is -0.855. The molecule has 3 fully saturated rings. The number of carbonyl (C=O) groups is 3. The van der Waals surface area contributed by atoms with E-state index in [2.05, 4.69) is 29.1 Å². The Morgan fingerprint density at radius 3 is 2.40 bits per heavy atom. The van der Waals surface area contributed by atoms with Crippen LogP contribution in [-0.4, -0.2) is 79.2 Å². The van der Waals surface area contributed by atoms with Crippen LogP contribution in [0.3, 0.4) is 0 Å². The number of anilines is 1. The van der Waals surface area contributed by atoms with Gasteiger partial charge >= 0.3 is 0 Å². The average molecular weight is 715 g/mol. The zero-order chi connectivity index (χ0) is 32.5. The number of nitrogens with zero attached hydrogens (tertiary/aromatic N) is 3. The third-order valence-corrected chi connectivity index (χ3v) is 13.2. The highest BCUT2D eigenvalue weighted by molar-refractivity contribution is 9.09. The van der Waals surface area contributed by atoms with Crippen LogP contribution < -0.4 is 4.90 Å². The lowest BCUT2D eigenvalue weighted by Crippen LogP contribution is -2.59. The SMILES string of the molecule is C=CCN(Cc1ccccc1)C(=O)[C@H]1[C@@H]2SC3(CC2Br)C(C(=O)N(CC=C)c2ccc(Cl)cc2)N([C@@H](CO)[C@@H](C)CC)C(=O)[C@H]13. The van der Waals surface area contributed by atoms with Crippen LogP contribution in [0.15, 0.2) is 79.9 Å².